The van der Waals surface area contributed by atoms with Gasteiger partial charge in [-0.15, -0.1) is 0 Å². The Kier molecular flexibility index (Phi) is 4.72. The fourth-order valence-corrected chi connectivity index (χ4v) is 2.38. The van der Waals surface area contributed by atoms with Crippen LogP contribution in [0.1, 0.15) is 30.1 Å². The minimum Gasteiger partial charge on any atom is -0.378 e. The van der Waals surface area contributed by atoms with Crippen molar-refractivity contribution in [3.05, 3.63) is 28.5 Å². The highest BCUT2D eigenvalue weighted by Gasteiger charge is 2.23. The third-order valence-corrected chi connectivity index (χ3v) is 3.57. The zero-order valence-corrected chi connectivity index (χ0v) is 12.0. The van der Waals surface area contributed by atoms with Crippen LogP contribution < -0.4 is 0 Å². The summed E-state index contributed by atoms with van der Waals surface area (Å²) in [6.45, 7) is 4.28. The van der Waals surface area contributed by atoms with E-state index in [0.29, 0.717) is 11.7 Å². The van der Waals surface area contributed by atoms with Gasteiger partial charge in [-0.3, -0.25) is 4.79 Å². The maximum Gasteiger partial charge on any atom is 0.255 e. The van der Waals surface area contributed by atoms with Gasteiger partial charge in [-0.2, -0.15) is 0 Å². The fraction of sp³-hybridized carbons (Fsp3) is 0.538. The van der Waals surface area contributed by atoms with E-state index in [1.54, 1.807) is 18.3 Å². The monoisotopic (exact) mass is 312 g/mol. The summed E-state index contributed by atoms with van der Waals surface area (Å²) >= 11 is 3.26. The number of hydrogen-bond donors (Lipinski definition) is 0. The molecule has 1 fully saturated rings. The minimum atomic E-state index is 0.0601. The lowest BCUT2D eigenvalue weighted by Crippen LogP contribution is -2.40. The molecular formula is C13H17BrN2O2. The Morgan fingerprint density at radius 3 is 2.78 bits per heavy atom. The van der Waals surface area contributed by atoms with E-state index in [1.165, 1.54) is 0 Å². The molecule has 1 saturated heterocycles. The largest absolute Gasteiger partial charge is 0.378 e. The number of halogens is 1. The third kappa shape index (κ3) is 3.29. The molecule has 1 amide bonds. The molecule has 5 heteroatoms. The Labute approximate surface area is 115 Å². The summed E-state index contributed by atoms with van der Waals surface area (Å²) in [4.78, 5) is 18.2. The van der Waals surface area contributed by atoms with Gasteiger partial charge in [-0.1, -0.05) is 0 Å². The average Bonchev–Trinajstić information content (AvgIpc) is 2.40. The van der Waals surface area contributed by atoms with Crippen LogP contribution in [0.5, 0.6) is 0 Å². The Morgan fingerprint density at radius 2 is 2.22 bits per heavy atom. The third-order valence-electron chi connectivity index (χ3n) is 3.11. The van der Waals surface area contributed by atoms with Gasteiger partial charge in [0.05, 0.1) is 11.7 Å². The van der Waals surface area contributed by atoms with Crippen LogP contribution in [0.25, 0.3) is 0 Å². The maximum atomic E-state index is 12.2. The molecule has 98 valence electrons. The topological polar surface area (TPSA) is 42.4 Å². The predicted molar refractivity (Wildman–Crippen MR) is 72.5 cm³/mol. The van der Waals surface area contributed by atoms with Gasteiger partial charge >= 0.3 is 0 Å². The Hall–Kier alpha value is -0.940. The summed E-state index contributed by atoms with van der Waals surface area (Å²) in [5, 5.41) is 0. The van der Waals surface area contributed by atoms with Crippen molar-refractivity contribution < 1.29 is 9.53 Å². The molecule has 0 radical (unpaired) electrons. The van der Waals surface area contributed by atoms with E-state index in [0.717, 1.165) is 37.1 Å². The average molecular weight is 313 g/mol. The number of carbonyl (C=O) groups is 1. The van der Waals surface area contributed by atoms with Crippen molar-refractivity contribution in [2.75, 3.05) is 19.7 Å². The van der Waals surface area contributed by atoms with Gasteiger partial charge in [0, 0.05) is 25.9 Å². The first-order valence-corrected chi connectivity index (χ1v) is 7.02. The van der Waals surface area contributed by atoms with Crippen molar-refractivity contribution in [3.8, 4) is 0 Å². The van der Waals surface area contributed by atoms with E-state index in [1.807, 2.05) is 11.8 Å². The molecule has 2 heterocycles. The standard InChI is InChI=1S/C13H17BrN2O2/c1-2-18-11-5-7-16(8-6-11)13(17)10-3-4-12(14)15-9-10/h3-4,9,11H,2,5-8H2,1H3. The zero-order valence-electron chi connectivity index (χ0n) is 10.4. The van der Waals surface area contributed by atoms with E-state index in [4.69, 9.17) is 4.74 Å². The second kappa shape index (κ2) is 6.29. The van der Waals surface area contributed by atoms with Crippen LogP contribution in [0.2, 0.25) is 0 Å². The van der Waals surface area contributed by atoms with E-state index in [-0.39, 0.29) is 5.91 Å². The highest BCUT2D eigenvalue weighted by Crippen LogP contribution is 2.16. The lowest BCUT2D eigenvalue weighted by atomic mass is 10.1. The van der Waals surface area contributed by atoms with Crippen LogP contribution in [-0.4, -0.2) is 41.6 Å². The van der Waals surface area contributed by atoms with Crippen molar-refractivity contribution in [3.63, 3.8) is 0 Å². The maximum absolute atomic E-state index is 12.2. The molecule has 0 bridgehead atoms. The van der Waals surface area contributed by atoms with E-state index in [9.17, 15) is 4.79 Å². The van der Waals surface area contributed by atoms with Crippen LogP contribution in [-0.2, 0) is 4.74 Å². The molecule has 0 spiro atoms. The number of ether oxygens (including phenoxy) is 1. The van der Waals surface area contributed by atoms with Gasteiger partial charge < -0.3 is 9.64 Å². The molecule has 1 aliphatic heterocycles. The summed E-state index contributed by atoms with van der Waals surface area (Å²) in [5.74, 6) is 0.0601. The van der Waals surface area contributed by atoms with Crippen LogP contribution in [0.4, 0.5) is 0 Å². The Morgan fingerprint density at radius 1 is 1.50 bits per heavy atom. The first-order chi connectivity index (χ1) is 8.70. The van der Waals surface area contributed by atoms with Gasteiger partial charge in [0.2, 0.25) is 0 Å². The summed E-state index contributed by atoms with van der Waals surface area (Å²) in [6.07, 6.45) is 3.76. The van der Waals surface area contributed by atoms with Crippen molar-refractivity contribution in [2.45, 2.75) is 25.9 Å². The van der Waals surface area contributed by atoms with Crippen LogP contribution in [0, 0.1) is 0 Å². The molecular weight excluding hydrogens is 296 g/mol. The van der Waals surface area contributed by atoms with Crippen LogP contribution in [0.15, 0.2) is 22.9 Å². The number of pyridine rings is 1. The summed E-state index contributed by atoms with van der Waals surface area (Å²) in [6, 6.07) is 3.59. The van der Waals surface area contributed by atoms with Crippen molar-refractivity contribution >= 4 is 21.8 Å². The van der Waals surface area contributed by atoms with E-state index >= 15 is 0 Å². The number of rotatable bonds is 3. The SMILES string of the molecule is CCOC1CCN(C(=O)c2ccc(Br)nc2)CC1. The summed E-state index contributed by atoms with van der Waals surface area (Å²) in [7, 11) is 0. The predicted octanol–water partition coefficient (Wildman–Crippen LogP) is 2.49. The highest BCUT2D eigenvalue weighted by atomic mass is 79.9. The van der Waals surface area contributed by atoms with E-state index in [2.05, 4.69) is 20.9 Å². The van der Waals surface area contributed by atoms with E-state index < -0.39 is 0 Å². The van der Waals surface area contributed by atoms with Gasteiger partial charge in [-0.05, 0) is 47.8 Å². The highest BCUT2D eigenvalue weighted by molar-refractivity contribution is 9.10. The lowest BCUT2D eigenvalue weighted by molar-refractivity contribution is 0.0146. The molecule has 1 aromatic heterocycles. The van der Waals surface area contributed by atoms with Gasteiger partial charge in [0.25, 0.3) is 5.91 Å². The first kappa shape index (κ1) is 13.5. The molecule has 0 aliphatic carbocycles. The fourth-order valence-electron chi connectivity index (χ4n) is 2.15. The molecule has 0 aromatic carbocycles. The molecule has 0 saturated carbocycles. The second-order valence-electron chi connectivity index (χ2n) is 4.32. The minimum absolute atomic E-state index is 0.0601. The van der Waals surface area contributed by atoms with Crippen molar-refractivity contribution in [1.82, 2.24) is 9.88 Å². The molecule has 0 unspecified atom stereocenters. The smallest absolute Gasteiger partial charge is 0.255 e. The van der Waals surface area contributed by atoms with Gasteiger partial charge in [0.15, 0.2) is 0 Å². The molecule has 2 rings (SSSR count). The number of amides is 1. The normalized spacial score (nSPS) is 16.9. The van der Waals surface area contributed by atoms with Gasteiger partial charge in [0.1, 0.15) is 4.60 Å². The molecule has 0 N–H and O–H groups in total. The number of nitrogens with zero attached hydrogens (tertiary/aromatic N) is 2. The zero-order chi connectivity index (χ0) is 13.0. The molecule has 1 aliphatic rings. The molecule has 18 heavy (non-hydrogen) atoms. The van der Waals surface area contributed by atoms with Gasteiger partial charge in [-0.25, -0.2) is 4.98 Å². The summed E-state index contributed by atoms with van der Waals surface area (Å²) < 4.78 is 6.32. The lowest BCUT2D eigenvalue weighted by Gasteiger charge is -2.31. The van der Waals surface area contributed by atoms with Crippen LogP contribution >= 0.6 is 15.9 Å². The number of piperidine rings is 1. The molecule has 4 nitrogen and oxygen atoms in total. The number of hydrogen-bond acceptors (Lipinski definition) is 3. The van der Waals surface area contributed by atoms with Crippen molar-refractivity contribution in [2.24, 2.45) is 0 Å². The second-order valence-corrected chi connectivity index (χ2v) is 5.13. The van der Waals surface area contributed by atoms with Crippen molar-refractivity contribution in [1.29, 1.82) is 0 Å². The number of likely N-dealkylation sites (tertiary alicyclic amines) is 1. The molecule has 1 aromatic rings. The number of aromatic nitrogens is 1. The Balaban J connectivity index is 1.93. The van der Waals surface area contributed by atoms with Crippen LogP contribution in [0.3, 0.4) is 0 Å². The molecule has 0 atom stereocenters. The Bertz CT molecular complexity index is 400. The quantitative estimate of drug-likeness (QED) is 0.805. The summed E-state index contributed by atoms with van der Waals surface area (Å²) in [5.41, 5.74) is 0.646. The number of carbonyl (C=O) groups excluding carboxylic acids is 1. The first-order valence-electron chi connectivity index (χ1n) is 6.23.